The van der Waals surface area contributed by atoms with Crippen LogP contribution in [0.25, 0.3) is 10.1 Å². The monoisotopic (exact) mass is 274 g/mol. The summed E-state index contributed by atoms with van der Waals surface area (Å²) in [5, 5.41) is 3.84. The highest BCUT2D eigenvalue weighted by Crippen LogP contribution is 2.39. The maximum Gasteiger partial charge on any atom is 0.120 e. The number of thiophene rings is 1. The Hall–Kier alpha value is -1.02. The molecule has 1 aliphatic carbocycles. The standard InChI is InChI=1S/C17H22OS/c1-18-14-9-10-15-16(12-19-17(15)11-14)13-7-5-3-2-4-6-8-13/h9-13H,2-8H2,1H3. The lowest BCUT2D eigenvalue weighted by Crippen LogP contribution is -2.01. The topological polar surface area (TPSA) is 9.23 Å². The maximum atomic E-state index is 5.32. The molecule has 1 aliphatic rings. The second-order valence-corrected chi connectivity index (χ2v) is 6.51. The average molecular weight is 274 g/mol. The normalized spacial score (nSPS) is 18.2. The summed E-state index contributed by atoms with van der Waals surface area (Å²) in [6, 6.07) is 6.52. The third-order valence-electron chi connectivity index (χ3n) is 4.36. The van der Waals surface area contributed by atoms with Gasteiger partial charge in [0, 0.05) is 4.70 Å². The molecule has 0 atom stereocenters. The van der Waals surface area contributed by atoms with Crippen LogP contribution in [0.2, 0.25) is 0 Å². The Labute approximate surface area is 119 Å². The van der Waals surface area contributed by atoms with Crippen molar-refractivity contribution in [1.29, 1.82) is 0 Å². The number of hydrogen-bond acceptors (Lipinski definition) is 2. The summed E-state index contributed by atoms with van der Waals surface area (Å²) >= 11 is 1.87. The van der Waals surface area contributed by atoms with Gasteiger partial charge in [0.05, 0.1) is 7.11 Å². The van der Waals surface area contributed by atoms with Crippen molar-refractivity contribution in [2.75, 3.05) is 7.11 Å². The van der Waals surface area contributed by atoms with Crippen LogP contribution in [0.5, 0.6) is 5.75 Å². The van der Waals surface area contributed by atoms with Crippen LogP contribution < -0.4 is 4.74 Å². The fourth-order valence-corrected chi connectivity index (χ4v) is 4.31. The first-order valence-corrected chi connectivity index (χ1v) is 8.31. The van der Waals surface area contributed by atoms with E-state index in [1.807, 2.05) is 11.3 Å². The van der Waals surface area contributed by atoms with Gasteiger partial charge in [-0.1, -0.05) is 32.1 Å². The Morgan fingerprint density at radius 1 is 1.05 bits per heavy atom. The van der Waals surface area contributed by atoms with Crippen LogP contribution in [0.4, 0.5) is 0 Å². The minimum Gasteiger partial charge on any atom is -0.497 e. The van der Waals surface area contributed by atoms with Crippen molar-refractivity contribution in [2.45, 2.75) is 50.9 Å². The molecule has 2 heteroatoms. The van der Waals surface area contributed by atoms with Gasteiger partial charge in [-0.25, -0.2) is 0 Å². The molecule has 1 aromatic heterocycles. The highest BCUT2D eigenvalue weighted by atomic mass is 32.1. The molecule has 1 nitrogen and oxygen atoms in total. The Bertz CT molecular complexity index is 535. The van der Waals surface area contributed by atoms with Crippen molar-refractivity contribution < 1.29 is 4.74 Å². The zero-order chi connectivity index (χ0) is 13.1. The molecule has 0 amide bonds. The molecule has 1 heterocycles. The van der Waals surface area contributed by atoms with Crippen molar-refractivity contribution in [3.63, 3.8) is 0 Å². The highest BCUT2D eigenvalue weighted by molar-refractivity contribution is 7.17. The summed E-state index contributed by atoms with van der Waals surface area (Å²) in [5.41, 5.74) is 1.59. The Balaban J connectivity index is 1.90. The van der Waals surface area contributed by atoms with Gasteiger partial charge in [-0.15, -0.1) is 11.3 Å². The lowest BCUT2D eigenvalue weighted by molar-refractivity contribution is 0.415. The van der Waals surface area contributed by atoms with E-state index in [1.54, 1.807) is 12.7 Å². The number of rotatable bonds is 2. The van der Waals surface area contributed by atoms with Gasteiger partial charge >= 0.3 is 0 Å². The quantitative estimate of drug-likeness (QED) is 0.678. The minimum atomic E-state index is 0.780. The third-order valence-corrected chi connectivity index (χ3v) is 5.32. The van der Waals surface area contributed by atoms with Gasteiger partial charge in [-0.3, -0.25) is 0 Å². The molecule has 19 heavy (non-hydrogen) atoms. The summed E-state index contributed by atoms with van der Waals surface area (Å²) < 4.78 is 6.69. The molecule has 1 aromatic carbocycles. The fraction of sp³-hybridized carbons (Fsp3) is 0.529. The molecule has 1 fully saturated rings. The molecule has 0 N–H and O–H groups in total. The van der Waals surface area contributed by atoms with E-state index in [4.69, 9.17) is 4.74 Å². The highest BCUT2D eigenvalue weighted by Gasteiger charge is 2.17. The summed E-state index contributed by atoms with van der Waals surface area (Å²) in [6.07, 6.45) is 9.83. The maximum absolute atomic E-state index is 5.32. The number of benzene rings is 1. The second kappa shape index (κ2) is 5.96. The first-order valence-electron chi connectivity index (χ1n) is 7.43. The van der Waals surface area contributed by atoms with Crippen LogP contribution in [0.1, 0.15) is 56.4 Å². The number of fused-ring (bicyclic) bond motifs is 1. The molecule has 1 saturated carbocycles. The van der Waals surface area contributed by atoms with Crippen LogP contribution in [-0.4, -0.2) is 7.11 Å². The van der Waals surface area contributed by atoms with E-state index in [9.17, 15) is 0 Å². The van der Waals surface area contributed by atoms with E-state index in [2.05, 4.69) is 23.6 Å². The van der Waals surface area contributed by atoms with Gasteiger partial charge in [0.1, 0.15) is 5.75 Å². The Morgan fingerprint density at radius 2 is 1.79 bits per heavy atom. The zero-order valence-electron chi connectivity index (χ0n) is 11.7. The van der Waals surface area contributed by atoms with Crippen molar-refractivity contribution >= 4 is 21.4 Å². The first kappa shape index (κ1) is 13.0. The van der Waals surface area contributed by atoms with Crippen LogP contribution in [0.3, 0.4) is 0 Å². The van der Waals surface area contributed by atoms with Gasteiger partial charge in [0.25, 0.3) is 0 Å². The molecular formula is C17H22OS. The summed E-state index contributed by atoms with van der Waals surface area (Å²) in [4.78, 5) is 0. The van der Waals surface area contributed by atoms with Crippen molar-refractivity contribution in [3.05, 3.63) is 29.1 Å². The average Bonchev–Trinajstić information content (AvgIpc) is 2.81. The molecule has 2 aromatic rings. The van der Waals surface area contributed by atoms with Gasteiger partial charge in [-0.2, -0.15) is 0 Å². The van der Waals surface area contributed by atoms with Crippen LogP contribution in [0.15, 0.2) is 23.6 Å². The van der Waals surface area contributed by atoms with Crippen LogP contribution >= 0.6 is 11.3 Å². The molecule has 0 saturated heterocycles. The van der Waals surface area contributed by atoms with Gasteiger partial charge in [0.15, 0.2) is 0 Å². The number of ether oxygens (including phenoxy) is 1. The molecule has 0 aliphatic heterocycles. The van der Waals surface area contributed by atoms with Crippen molar-refractivity contribution in [2.24, 2.45) is 0 Å². The van der Waals surface area contributed by atoms with Gasteiger partial charge < -0.3 is 4.74 Å². The van der Waals surface area contributed by atoms with E-state index in [0.29, 0.717) is 0 Å². The van der Waals surface area contributed by atoms with E-state index >= 15 is 0 Å². The lowest BCUT2D eigenvalue weighted by Gasteiger charge is -2.19. The molecule has 0 unspecified atom stereocenters. The van der Waals surface area contributed by atoms with E-state index in [1.165, 1.54) is 55.0 Å². The second-order valence-electron chi connectivity index (χ2n) is 5.60. The van der Waals surface area contributed by atoms with Crippen molar-refractivity contribution in [3.8, 4) is 5.75 Å². The third kappa shape index (κ3) is 2.79. The summed E-state index contributed by atoms with van der Waals surface area (Å²) in [6.45, 7) is 0. The molecule has 102 valence electrons. The van der Waals surface area contributed by atoms with Crippen LogP contribution in [0, 0.1) is 0 Å². The molecule has 3 rings (SSSR count). The number of hydrogen-bond donors (Lipinski definition) is 0. The molecule has 0 radical (unpaired) electrons. The summed E-state index contributed by atoms with van der Waals surface area (Å²) in [7, 11) is 1.74. The predicted molar refractivity (Wildman–Crippen MR) is 83.4 cm³/mol. The molecular weight excluding hydrogens is 252 g/mol. The van der Waals surface area contributed by atoms with Gasteiger partial charge in [-0.05, 0) is 53.3 Å². The zero-order valence-corrected chi connectivity index (χ0v) is 12.5. The minimum absolute atomic E-state index is 0.780. The smallest absolute Gasteiger partial charge is 0.120 e. The van der Waals surface area contributed by atoms with E-state index < -0.39 is 0 Å². The first-order chi connectivity index (χ1) is 9.38. The van der Waals surface area contributed by atoms with Crippen molar-refractivity contribution in [1.82, 2.24) is 0 Å². The number of methoxy groups -OCH3 is 1. The fourth-order valence-electron chi connectivity index (χ4n) is 3.24. The largest absolute Gasteiger partial charge is 0.497 e. The van der Waals surface area contributed by atoms with E-state index in [-0.39, 0.29) is 0 Å². The molecule has 0 spiro atoms. The Kier molecular flexibility index (Phi) is 4.07. The van der Waals surface area contributed by atoms with E-state index in [0.717, 1.165) is 11.7 Å². The Morgan fingerprint density at radius 3 is 2.53 bits per heavy atom. The summed E-state index contributed by atoms with van der Waals surface area (Å²) in [5.74, 6) is 1.75. The van der Waals surface area contributed by atoms with Gasteiger partial charge in [0.2, 0.25) is 0 Å². The predicted octanol–water partition coefficient (Wildman–Crippen LogP) is 5.74. The van der Waals surface area contributed by atoms with Crippen LogP contribution in [-0.2, 0) is 0 Å². The SMILES string of the molecule is COc1ccc2c(C3CCCCCCC3)csc2c1. The lowest BCUT2D eigenvalue weighted by atomic mass is 9.86. The molecule has 0 bridgehead atoms.